The molecule has 7 heteroatoms. The summed E-state index contributed by atoms with van der Waals surface area (Å²) in [6.45, 7) is 0. The Bertz CT molecular complexity index is 930. The van der Waals surface area contributed by atoms with Crippen molar-refractivity contribution < 1.29 is 9.53 Å². The molecule has 2 aromatic carbocycles. The maximum atomic E-state index is 12.3. The van der Waals surface area contributed by atoms with Crippen molar-refractivity contribution in [1.29, 1.82) is 0 Å². The summed E-state index contributed by atoms with van der Waals surface area (Å²) in [5.41, 5.74) is 1.82. The number of nitrogens with one attached hydrogen (secondary N) is 2. The quantitative estimate of drug-likeness (QED) is 0.615. The molecule has 1 amide bonds. The molecule has 0 unspecified atom stereocenters. The molecule has 26 heavy (non-hydrogen) atoms. The van der Waals surface area contributed by atoms with Crippen LogP contribution in [-0.4, -0.2) is 18.0 Å². The maximum absolute atomic E-state index is 12.3. The lowest BCUT2D eigenvalue weighted by molar-refractivity contribution is 0.102. The van der Waals surface area contributed by atoms with Gasteiger partial charge in [-0.3, -0.25) is 4.79 Å². The van der Waals surface area contributed by atoms with Gasteiger partial charge in [0.1, 0.15) is 11.6 Å². The minimum Gasteiger partial charge on any atom is -0.497 e. The van der Waals surface area contributed by atoms with Crippen molar-refractivity contribution in [2.24, 2.45) is 0 Å². The van der Waals surface area contributed by atoms with Crippen LogP contribution in [0.4, 0.5) is 17.2 Å². The van der Waals surface area contributed by atoms with E-state index in [4.69, 9.17) is 27.9 Å². The molecular weight excluding hydrogens is 373 g/mol. The normalized spacial score (nSPS) is 10.3. The molecular formula is C19H15Cl2N3O2. The second kappa shape index (κ2) is 8.08. The Hall–Kier alpha value is -2.76. The summed E-state index contributed by atoms with van der Waals surface area (Å²) < 4.78 is 5.18. The molecule has 0 saturated carbocycles. The topological polar surface area (TPSA) is 63.2 Å². The molecule has 0 aliphatic rings. The molecule has 0 atom stereocenters. The molecule has 0 bridgehead atoms. The molecule has 0 aliphatic carbocycles. The Morgan fingerprint density at radius 3 is 2.54 bits per heavy atom. The highest BCUT2D eigenvalue weighted by Crippen LogP contribution is 2.25. The fourth-order valence-electron chi connectivity index (χ4n) is 2.23. The van der Waals surface area contributed by atoms with Crippen LogP contribution in [0.3, 0.4) is 0 Å². The third-order valence-electron chi connectivity index (χ3n) is 3.55. The molecule has 0 radical (unpaired) electrons. The average Bonchev–Trinajstić information content (AvgIpc) is 2.65. The zero-order chi connectivity index (χ0) is 18.5. The van der Waals surface area contributed by atoms with Crippen LogP contribution in [0, 0.1) is 0 Å². The summed E-state index contributed by atoms with van der Waals surface area (Å²) >= 11 is 11.8. The van der Waals surface area contributed by atoms with Gasteiger partial charge < -0.3 is 15.4 Å². The summed E-state index contributed by atoms with van der Waals surface area (Å²) in [7, 11) is 1.61. The van der Waals surface area contributed by atoms with Gasteiger partial charge in [0.2, 0.25) is 0 Å². The third-order valence-corrected chi connectivity index (χ3v) is 4.28. The van der Waals surface area contributed by atoms with E-state index in [0.717, 1.165) is 11.4 Å². The van der Waals surface area contributed by atoms with Gasteiger partial charge >= 0.3 is 0 Å². The van der Waals surface area contributed by atoms with Crippen LogP contribution >= 0.6 is 23.2 Å². The second-order valence-electron chi connectivity index (χ2n) is 5.37. The number of rotatable bonds is 5. The monoisotopic (exact) mass is 387 g/mol. The number of pyridine rings is 1. The van der Waals surface area contributed by atoms with Crippen LogP contribution in [0.15, 0.2) is 60.8 Å². The number of hydrogen-bond donors (Lipinski definition) is 2. The van der Waals surface area contributed by atoms with E-state index in [1.54, 1.807) is 37.4 Å². The van der Waals surface area contributed by atoms with E-state index in [9.17, 15) is 4.79 Å². The van der Waals surface area contributed by atoms with Crippen molar-refractivity contribution in [2.75, 3.05) is 17.7 Å². The Kier molecular flexibility index (Phi) is 5.61. The van der Waals surface area contributed by atoms with Gasteiger partial charge in [0.15, 0.2) is 0 Å². The zero-order valence-corrected chi connectivity index (χ0v) is 15.3. The highest BCUT2D eigenvalue weighted by Gasteiger charge is 2.08. The van der Waals surface area contributed by atoms with Gasteiger partial charge in [0.25, 0.3) is 5.91 Å². The third kappa shape index (κ3) is 4.45. The van der Waals surface area contributed by atoms with E-state index < -0.39 is 0 Å². The van der Waals surface area contributed by atoms with Gasteiger partial charge in [-0.05, 0) is 42.5 Å². The largest absolute Gasteiger partial charge is 0.497 e. The molecule has 0 saturated heterocycles. The van der Waals surface area contributed by atoms with Crippen LogP contribution in [0.5, 0.6) is 5.75 Å². The van der Waals surface area contributed by atoms with Gasteiger partial charge in [-0.15, -0.1) is 0 Å². The first kappa shape index (κ1) is 18.0. The number of carbonyl (C=O) groups excluding carboxylic acids is 1. The zero-order valence-electron chi connectivity index (χ0n) is 13.8. The van der Waals surface area contributed by atoms with Gasteiger partial charge in [0.05, 0.1) is 22.7 Å². The highest BCUT2D eigenvalue weighted by molar-refractivity contribution is 6.42. The van der Waals surface area contributed by atoms with Crippen LogP contribution in [0.25, 0.3) is 0 Å². The number of benzene rings is 2. The standard InChI is InChI=1S/C19H15Cl2N3O2/c1-26-15-4-2-3-13(9-15)23-18-8-5-12(11-22-18)19(25)24-14-6-7-16(20)17(21)10-14/h2-11H,1H3,(H,22,23)(H,24,25). The number of anilines is 3. The molecule has 1 aromatic heterocycles. The lowest BCUT2D eigenvalue weighted by Gasteiger charge is -2.09. The molecule has 0 spiro atoms. The number of hydrogen-bond acceptors (Lipinski definition) is 4. The fraction of sp³-hybridized carbons (Fsp3) is 0.0526. The summed E-state index contributed by atoms with van der Waals surface area (Å²) in [4.78, 5) is 16.6. The SMILES string of the molecule is COc1cccc(Nc2ccc(C(=O)Nc3ccc(Cl)c(Cl)c3)cn2)c1. The number of ether oxygens (including phenoxy) is 1. The molecule has 3 rings (SSSR count). The molecule has 3 aromatic rings. The van der Waals surface area contributed by atoms with Gasteiger partial charge in [-0.25, -0.2) is 4.98 Å². The van der Waals surface area contributed by atoms with Crippen molar-refractivity contribution in [3.05, 3.63) is 76.4 Å². The molecule has 0 fully saturated rings. The first-order chi connectivity index (χ1) is 12.5. The minimum absolute atomic E-state index is 0.288. The van der Waals surface area contributed by atoms with Crippen molar-refractivity contribution in [2.45, 2.75) is 0 Å². The predicted octanol–water partition coefficient (Wildman–Crippen LogP) is 5.39. The highest BCUT2D eigenvalue weighted by atomic mass is 35.5. The van der Waals surface area contributed by atoms with Crippen molar-refractivity contribution in [3.8, 4) is 5.75 Å². The van der Waals surface area contributed by atoms with Gasteiger partial charge in [0, 0.05) is 23.6 Å². The van der Waals surface area contributed by atoms with E-state index >= 15 is 0 Å². The van der Waals surface area contributed by atoms with Gasteiger partial charge in [-0.2, -0.15) is 0 Å². The fourth-order valence-corrected chi connectivity index (χ4v) is 2.53. The smallest absolute Gasteiger partial charge is 0.257 e. The first-order valence-electron chi connectivity index (χ1n) is 7.69. The van der Waals surface area contributed by atoms with E-state index in [1.807, 2.05) is 24.3 Å². The van der Waals surface area contributed by atoms with E-state index in [-0.39, 0.29) is 5.91 Å². The van der Waals surface area contributed by atoms with E-state index in [1.165, 1.54) is 6.20 Å². The van der Waals surface area contributed by atoms with Crippen LogP contribution < -0.4 is 15.4 Å². The number of nitrogens with zero attached hydrogens (tertiary/aromatic N) is 1. The van der Waals surface area contributed by atoms with Crippen molar-refractivity contribution >= 4 is 46.3 Å². The predicted molar refractivity (Wildman–Crippen MR) is 105 cm³/mol. The first-order valence-corrected chi connectivity index (χ1v) is 8.44. The Balaban J connectivity index is 1.68. The number of amides is 1. The Labute approximate surface area is 160 Å². The molecule has 1 heterocycles. The lowest BCUT2D eigenvalue weighted by atomic mass is 10.2. The summed E-state index contributed by atoms with van der Waals surface area (Å²) in [5.74, 6) is 1.07. The van der Waals surface area contributed by atoms with Crippen molar-refractivity contribution in [3.63, 3.8) is 0 Å². The van der Waals surface area contributed by atoms with E-state index in [2.05, 4.69) is 15.6 Å². The van der Waals surface area contributed by atoms with Crippen LogP contribution in [0.1, 0.15) is 10.4 Å². The Morgan fingerprint density at radius 1 is 1.00 bits per heavy atom. The molecule has 132 valence electrons. The van der Waals surface area contributed by atoms with Crippen LogP contribution in [0.2, 0.25) is 10.0 Å². The maximum Gasteiger partial charge on any atom is 0.257 e. The Morgan fingerprint density at radius 2 is 1.85 bits per heavy atom. The average molecular weight is 388 g/mol. The lowest BCUT2D eigenvalue weighted by Crippen LogP contribution is -2.12. The van der Waals surface area contributed by atoms with Crippen molar-refractivity contribution in [1.82, 2.24) is 4.98 Å². The second-order valence-corrected chi connectivity index (χ2v) is 6.19. The number of methoxy groups -OCH3 is 1. The number of aromatic nitrogens is 1. The summed E-state index contributed by atoms with van der Waals surface area (Å²) in [6, 6.07) is 15.8. The molecule has 5 nitrogen and oxygen atoms in total. The molecule has 0 aliphatic heterocycles. The minimum atomic E-state index is -0.288. The molecule has 2 N–H and O–H groups in total. The van der Waals surface area contributed by atoms with Gasteiger partial charge in [-0.1, -0.05) is 29.3 Å². The number of halogens is 2. The summed E-state index contributed by atoms with van der Waals surface area (Å²) in [5, 5.41) is 6.71. The summed E-state index contributed by atoms with van der Waals surface area (Å²) in [6.07, 6.45) is 1.50. The van der Waals surface area contributed by atoms with Crippen LogP contribution in [-0.2, 0) is 0 Å². The number of carbonyl (C=O) groups is 1. The van der Waals surface area contributed by atoms with E-state index in [0.29, 0.717) is 27.1 Å².